The second-order valence-corrected chi connectivity index (χ2v) is 6.38. The van der Waals surface area contributed by atoms with Gasteiger partial charge in [-0.2, -0.15) is 0 Å². The summed E-state index contributed by atoms with van der Waals surface area (Å²) in [5.41, 5.74) is 0.812. The fraction of sp³-hybridized carbons (Fsp3) is 0.562. The molecule has 1 aliphatic carbocycles. The maximum Gasteiger partial charge on any atom is 0.241 e. The van der Waals surface area contributed by atoms with Gasteiger partial charge in [0.05, 0.1) is 6.04 Å². The van der Waals surface area contributed by atoms with Crippen molar-refractivity contribution in [3.63, 3.8) is 0 Å². The quantitative estimate of drug-likeness (QED) is 0.874. The second kappa shape index (κ2) is 6.15. The summed E-state index contributed by atoms with van der Waals surface area (Å²) in [6, 6.07) is 7.76. The predicted octanol–water partition coefficient (Wildman–Crippen LogP) is 3.59. The molecule has 1 aromatic rings. The van der Waals surface area contributed by atoms with E-state index in [0.717, 1.165) is 18.0 Å². The van der Waals surface area contributed by atoms with Gasteiger partial charge in [0.2, 0.25) is 5.91 Å². The summed E-state index contributed by atoms with van der Waals surface area (Å²) in [4.78, 5) is 12.3. The fourth-order valence-electron chi connectivity index (χ4n) is 3.46. The predicted molar refractivity (Wildman–Crippen MR) is 82.0 cm³/mol. The largest absolute Gasteiger partial charge is 0.325 e. The van der Waals surface area contributed by atoms with E-state index in [2.05, 4.69) is 10.6 Å². The Morgan fingerprint density at radius 1 is 1.10 bits per heavy atom. The van der Waals surface area contributed by atoms with E-state index >= 15 is 0 Å². The Morgan fingerprint density at radius 2 is 1.85 bits per heavy atom. The SMILES string of the molecule is O=C(Nc1ccc(Cl)cc1)C1CCC2CCCCC2N1. The van der Waals surface area contributed by atoms with Crippen molar-refractivity contribution in [1.82, 2.24) is 5.32 Å². The molecule has 1 heterocycles. The number of hydrogen-bond donors (Lipinski definition) is 2. The van der Waals surface area contributed by atoms with Gasteiger partial charge in [-0.1, -0.05) is 24.4 Å². The van der Waals surface area contributed by atoms with Crippen molar-refractivity contribution in [2.75, 3.05) is 5.32 Å². The van der Waals surface area contributed by atoms with Gasteiger partial charge in [0, 0.05) is 16.8 Å². The highest BCUT2D eigenvalue weighted by Crippen LogP contribution is 2.32. The normalized spacial score (nSPS) is 29.6. The number of halogens is 1. The monoisotopic (exact) mass is 292 g/mol. The minimum atomic E-state index is -0.0509. The molecule has 0 aromatic heterocycles. The van der Waals surface area contributed by atoms with Crippen LogP contribution < -0.4 is 10.6 Å². The molecule has 3 rings (SSSR count). The number of anilines is 1. The van der Waals surface area contributed by atoms with Crippen LogP contribution in [0.4, 0.5) is 5.69 Å². The summed E-state index contributed by atoms with van der Waals surface area (Å²) in [5.74, 6) is 0.861. The number of nitrogens with one attached hydrogen (secondary N) is 2. The molecule has 1 saturated carbocycles. The van der Waals surface area contributed by atoms with Gasteiger partial charge in [0.25, 0.3) is 0 Å². The first-order valence-corrected chi connectivity index (χ1v) is 7.92. The van der Waals surface area contributed by atoms with Crippen LogP contribution in [-0.4, -0.2) is 18.0 Å². The average Bonchev–Trinajstić information content (AvgIpc) is 2.49. The van der Waals surface area contributed by atoms with Crippen LogP contribution in [0.25, 0.3) is 0 Å². The van der Waals surface area contributed by atoms with Crippen LogP contribution >= 0.6 is 11.6 Å². The van der Waals surface area contributed by atoms with Crippen LogP contribution in [0, 0.1) is 5.92 Å². The number of amides is 1. The Bertz CT molecular complexity index is 474. The maximum atomic E-state index is 12.3. The van der Waals surface area contributed by atoms with E-state index in [1.807, 2.05) is 12.1 Å². The van der Waals surface area contributed by atoms with Crippen molar-refractivity contribution in [3.8, 4) is 0 Å². The van der Waals surface area contributed by atoms with Crippen molar-refractivity contribution < 1.29 is 4.79 Å². The first-order chi connectivity index (χ1) is 9.72. The lowest BCUT2D eigenvalue weighted by Crippen LogP contribution is -2.53. The summed E-state index contributed by atoms with van der Waals surface area (Å²) < 4.78 is 0. The minimum absolute atomic E-state index is 0.0509. The Labute approximate surface area is 125 Å². The molecule has 0 bridgehead atoms. The molecule has 0 spiro atoms. The average molecular weight is 293 g/mol. The molecule has 4 heteroatoms. The number of carbonyl (C=O) groups excluding carboxylic acids is 1. The molecule has 20 heavy (non-hydrogen) atoms. The summed E-state index contributed by atoms with van der Waals surface area (Å²) in [7, 11) is 0. The molecular weight excluding hydrogens is 272 g/mol. The molecule has 1 amide bonds. The number of piperidine rings is 1. The van der Waals surface area contributed by atoms with E-state index in [4.69, 9.17) is 11.6 Å². The van der Waals surface area contributed by atoms with Crippen LogP contribution in [0.2, 0.25) is 5.02 Å². The van der Waals surface area contributed by atoms with Gasteiger partial charge in [-0.3, -0.25) is 4.79 Å². The summed E-state index contributed by atoms with van der Waals surface area (Å²) in [5, 5.41) is 7.21. The Morgan fingerprint density at radius 3 is 2.65 bits per heavy atom. The van der Waals surface area contributed by atoms with E-state index < -0.39 is 0 Å². The number of benzene rings is 1. The fourth-order valence-corrected chi connectivity index (χ4v) is 3.59. The van der Waals surface area contributed by atoms with Gasteiger partial charge in [0.1, 0.15) is 0 Å². The zero-order valence-corrected chi connectivity index (χ0v) is 12.3. The third kappa shape index (κ3) is 3.15. The third-order valence-electron chi connectivity index (χ3n) is 4.58. The van der Waals surface area contributed by atoms with E-state index in [0.29, 0.717) is 11.1 Å². The van der Waals surface area contributed by atoms with Gasteiger partial charge in [-0.05, 0) is 55.9 Å². The summed E-state index contributed by atoms with van der Waals surface area (Å²) in [6.07, 6.45) is 7.31. The molecular formula is C16H21ClN2O. The lowest BCUT2D eigenvalue weighted by atomic mass is 9.77. The molecule has 1 aromatic carbocycles. The lowest BCUT2D eigenvalue weighted by molar-refractivity contribution is -0.119. The smallest absolute Gasteiger partial charge is 0.241 e. The van der Waals surface area contributed by atoms with Crippen molar-refractivity contribution in [1.29, 1.82) is 0 Å². The lowest BCUT2D eigenvalue weighted by Gasteiger charge is -2.39. The highest BCUT2D eigenvalue weighted by molar-refractivity contribution is 6.30. The van der Waals surface area contributed by atoms with Crippen LogP contribution in [0.15, 0.2) is 24.3 Å². The number of rotatable bonds is 2. The molecule has 2 N–H and O–H groups in total. The van der Waals surface area contributed by atoms with Crippen molar-refractivity contribution in [3.05, 3.63) is 29.3 Å². The van der Waals surface area contributed by atoms with E-state index in [1.54, 1.807) is 12.1 Å². The Hall–Kier alpha value is -1.06. The van der Waals surface area contributed by atoms with Gasteiger partial charge < -0.3 is 10.6 Å². The first kappa shape index (κ1) is 13.9. The Balaban J connectivity index is 1.58. The molecule has 108 valence electrons. The molecule has 2 fully saturated rings. The van der Waals surface area contributed by atoms with E-state index in [1.165, 1.54) is 32.1 Å². The van der Waals surface area contributed by atoms with Crippen LogP contribution in [0.5, 0.6) is 0 Å². The van der Waals surface area contributed by atoms with Crippen LogP contribution in [0.1, 0.15) is 38.5 Å². The van der Waals surface area contributed by atoms with Crippen LogP contribution in [0.3, 0.4) is 0 Å². The maximum absolute atomic E-state index is 12.3. The van der Waals surface area contributed by atoms with Gasteiger partial charge in [0.15, 0.2) is 0 Å². The molecule has 1 saturated heterocycles. The summed E-state index contributed by atoms with van der Waals surface area (Å²) >= 11 is 5.85. The topological polar surface area (TPSA) is 41.1 Å². The second-order valence-electron chi connectivity index (χ2n) is 5.94. The first-order valence-electron chi connectivity index (χ1n) is 7.55. The van der Waals surface area contributed by atoms with E-state index in [-0.39, 0.29) is 11.9 Å². The standard InChI is InChI=1S/C16H21ClN2O/c17-12-6-8-13(9-7-12)18-16(20)15-10-5-11-3-1-2-4-14(11)19-15/h6-9,11,14-15,19H,1-5,10H2,(H,18,20). The number of carbonyl (C=O) groups is 1. The Kier molecular flexibility index (Phi) is 4.27. The highest BCUT2D eigenvalue weighted by Gasteiger charge is 2.34. The van der Waals surface area contributed by atoms with E-state index in [9.17, 15) is 4.79 Å². The zero-order valence-electron chi connectivity index (χ0n) is 11.6. The molecule has 0 radical (unpaired) electrons. The molecule has 3 unspecified atom stereocenters. The highest BCUT2D eigenvalue weighted by atomic mass is 35.5. The van der Waals surface area contributed by atoms with Crippen molar-refractivity contribution in [2.45, 2.75) is 50.6 Å². The van der Waals surface area contributed by atoms with Gasteiger partial charge in [-0.25, -0.2) is 0 Å². The molecule has 3 atom stereocenters. The molecule has 2 aliphatic rings. The number of hydrogen-bond acceptors (Lipinski definition) is 2. The summed E-state index contributed by atoms with van der Waals surface area (Å²) in [6.45, 7) is 0. The van der Waals surface area contributed by atoms with Gasteiger partial charge >= 0.3 is 0 Å². The van der Waals surface area contributed by atoms with Gasteiger partial charge in [-0.15, -0.1) is 0 Å². The zero-order chi connectivity index (χ0) is 13.9. The third-order valence-corrected chi connectivity index (χ3v) is 4.83. The minimum Gasteiger partial charge on any atom is -0.325 e. The molecule has 3 nitrogen and oxygen atoms in total. The van der Waals surface area contributed by atoms with Crippen molar-refractivity contribution >= 4 is 23.2 Å². The number of fused-ring (bicyclic) bond motifs is 1. The molecule has 1 aliphatic heterocycles. The van der Waals surface area contributed by atoms with Crippen molar-refractivity contribution in [2.24, 2.45) is 5.92 Å². The van der Waals surface area contributed by atoms with Crippen LogP contribution in [-0.2, 0) is 4.79 Å².